The summed E-state index contributed by atoms with van der Waals surface area (Å²) in [7, 11) is -3.77. The Bertz CT molecular complexity index is 1650. The Labute approximate surface area is 225 Å². The van der Waals surface area contributed by atoms with Crippen molar-refractivity contribution in [1.82, 2.24) is 19.6 Å². The fourth-order valence-corrected chi connectivity index (χ4v) is 5.81. The number of benzene rings is 3. The average Bonchev–Trinajstić information content (AvgIpc) is 3.50. The molecule has 1 fully saturated rings. The Balaban J connectivity index is 1.01. The smallest absolute Gasteiger partial charge is 0.326 e. The average molecular weight is 544 g/mol. The van der Waals surface area contributed by atoms with Crippen LogP contribution in [0.5, 0.6) is 5.75 Å². The molecule has 0 spiro atoms. The van der Waals surface area contributed by atoms with Crippen LogP contribution in [0.2, 0.25) is 0 Å². The van der Waals surface area contributed by atoms with E-state index in [2.05, 4.69) is 27.3 Å². The Morgan fingerprint density at radius 2 is 1.82 bits per heavy atom. The third-order valence-corrected chi connectivity index (χ3v) is 8.19. The van der Waals surface area contributed by atoms with Crippen molar-refractivity contribution in [3.05, 3.63) is 96.4 Å². The van der Waals surface area contributed by atoms with Gasteiger partial charge in [-0.25, -0.2) is 22.9 Å². The molecule has 0 aliphatic carbocycles. The molecule has 0 saturated carbocycles. The van der Waals surface area contributed by atoms with E-state index in [9.17, 15) is 18.0 Å². The monoisotopic (exact) mass is 543 g/mol. The number of nitrogens with one attached hydrogen (secondary N) is 2. The van der Waals surface area contributed by atoms with E-state index in [1.54, 1.807) is 24.4 Å². The van der Waals surface area contributed by atoms with E-state index in [0.717, 1.165) is 18.7 Å². The number of aromatic nitrogens is 2. The first kappa shape index (κ1) is 24.7. The maximum absolute atomic E-state index is 12.6. The highest BCUT2D eigenvalue weighted by atomic mass is 32.2. The Hall–Kier alpha value is -4.64. The van der Waals surface area contributed by atoms with E-state index in [0.29, 0.717) is 29.5 Å². The zero-order valence-corrected chi connectivity index (χ0v) is 21.6. The predicted octanol–water partition coefficient (Wildman–Crippen LogP) is 3.26. The quantitative estimate of drug-likeness (QED) is 0.367. The number of hydrogen-bond donors (Lipinski definition) is 2. The Morgan fingerprint density at radius 1 is 1.05 bits per heavy atom. The minimum Gasteiger partial charge on any atom is -0.489 e. The molecule has 2 N–H and O–H groups in total. The molecule has 39 heavy (non-hydrogen) atoms. The highest BCUT2D eigenvalue weighted by molar-refractivity contribution is 7.90. The summed E-state index contributed by atoms with van der Waals surface area (Å²) in [6, 6.07) is 21.8. The van der Waals surface area contributed by atoms with Crippen LogP contribution in [0.15, 0.2) is 90.2 Å². The molecule has 0 radical (unpaired) electrons. The van der Waals surface area contributed by atoms with Crippen molar-refractivity contribution in [2.45, 2.75) is 11.5 Å². The maximum Gasteiger partial charge on any atom is 0.326 e. The number of carbonyl (C=O) groups is 2. The topological polar surface area (TPSA) is 123 Å². The van der Waals surface area contributed by atoms with Gasteiger partial charge < -0.3 is 15.0 Å². The minimum absolute atomic E-state index is 0.0218. The third kappa shape index (κ3) is 5.08. The molecule has 2 amide bonds. The van der Waals surface area contributed by atoms with Crippen LogP contribution >= 0.6 is 0 Å². The molecular formula is C28H25N5O5S. The van der Waals surface area contributed by atoms with Crippen LogP contribution in [0, 0.1) is 5.92 Å². The van der Waals surface area contributed by atoms with Gasteiger partial charge in [-0.05, 0) is 54.1 Å². The molecule has 2 aliphatic rings. The van der Waals surface area contributed by atoms with Crippen molar-refractivity contribution < 1.29 is 22.7 Å². The van der Waals surface area contributed by atoms with Crippen molar-refractivity contribution in [2.75, 3.05) is 24.5 Å². The number of rotatable bonds is 7. The van der Waals surface area contributed by atoms with Gasteiger partial charge in [-0.1, -0.05) is 24.3 Å². The molecule has 3 aromatic carbocycles. The van der Waals surface area contributed by atoms with E-state index in [1.165, 1.54) is 28.7 Å². The fraction of sp³-hybridized carbons (Fsp3) is 0.179. The SMILES string of the molecule is O=C1NS(=O)(=O)c2ccc(COc3ccc(-c4cn(C(=O)NCC5CN(c6ccccc6)C5)cn4)cc3)cc21. The summed E-state index contributed by atoms with van der Waals surface area (Å²) < 4.78 is 33.0. The molecule has 1 saturated heterocycles. The molecule has 0 bridgehead atoms. The van der Waals surface area contributed by atoms with Crippen LogP contribution in [-0.4, -0.2) is 49.5 Å². The number of ether oxygens (including phenoxy) is 1. The Kier molecular flexibility index (Phi) is 6.27. The lowest BCUT2D eigenvalue weighted by Crippen LogP contribution is -2.51. The lowest BCUT2D eigenvalue weighted by atomic mass is 9.99. The van der Waals surface area contributed by atoms with Crippen molar-refractivity contribution >= 4 is 27.6 Å². The molecule has 0 atom stereocenters. The summed E-state index contributed by atoms with van der Waals surface area (Å²) in [5.74, 6) is 0.368. The molecule has 0 unspecified atom stereocenters. The van der Waals surface area contributed by atoms with Gasteiger partial charge in [0.25, 0.3) is 15.9 Å². The molecule has 2 aliphatic heterocycles. The summed E-state index contributed by atoms with van der Waals surface area (Å²) in [6.07, 6.45) is 3.18. The van der Waals surface area contributed by atoms with Gasteiger partial charge >= 0.3 is 6.03 Å². The minimum atomic E-state index is -3.77. The van der Waals surface area contributed by atoms with Gasteiger partial charge in [0.05, 0.1) is 11.3 Å². The summed E-state index contributed by atoms with van der Waals surface area (Å²) in [4.78, 5) is 31.1. The van der Waals surface area contributed by atoms with Crippen molar-refractivity contribution in [3.8, 4) is 17.0 Å². The van der Waals surface area contributed by atoms with Crippen LogP contribution in [0.1, 0.15) is 15.9 Å². The molecule has 10 nitrogen and oxygen atoms in total. The largest absolute Gasteiger partial charge is 0.489 e. The van der Waals surface area contributed by atoms with Gasteiger partial charge in [-0.15, -0.1) is 0 Å². The van der Waals surface area contributed by atoms with Gasteiger partial charge in [0.2, 0.25) is 0 Å². The van der Waals surface area contributed by atoms with Gasteiger partial charge in [0, 0.05) is 43.0 Å². The number of para-hydroxylation sites is 1. The number of hydrogen-bond acceptors (Lipinski definition) is 7. The zero-order chi connectivity index (χ0) is 27.0. The summed E-state index contributed by atoms with van der Waals surface area (Å²) in [5, 5.41) is 2.98. The van der Waals surface area contributed by atoms with E-state index < -0.39 is 15.9 Å². The van der Waals surface area contributed by atoms with Crippen LogP contribution in [0.3, 0.4) is 0 Å². The normalized spacial score (nSPS) is 15.8. The number of sulfonamides is 1. The predicted molar refractivity (Wildman–Crippen MR) is 144 cm³/mol. The van der Waals surface area contributed by atoms with Gasteiger partial charge in [-0.2, -0.15) is 0 Å². The number of amides is 2. The molecule has 1 aromatic heterocycles. The van der Waals surface area contributed by atoms with Crippen molar-refractivity contribution in [2.24, 2.45) is 5.92 Å². The molecule has 198 valence electrons. The first-order valence-corrected chi connectivity index (χ1v) is 13.9. The molecular weight excluding hydrogens is 518 g/mol. The second-order valence-electron chi connectivity index (χ2n) is 9.54. The van der Waals surface area contributed by atoms with Gasteiger partial charge in [0.1, 0.15) is 23.6 Å². The van der Waals surface area contributed by atoms with Crippen molar-refractivity contribution in [1.29, 1.82) is 0 Å². The summed E-state index contributed by atoms with van der Waals surface area (Å²) in [5.41, 5.74) is 3.47. The highest BCUT2D eigenvalue weighted by Gasteiger charge is 2.32. The second kappa shape index (κ2) is 9.91. The Morgan fingerprint density at radius 3 is 2.59 bits per heavy atom. The molecule has 3 heterocycles. The first-order chi connectivity index (χ1) is 18.9. The van der Waals surface area contributed by atoms with E-state index in [4.69, 9.17) is 4.74 Å². The number of fused-ring (bicyclic) bond motifs is 1. The van der Waals surface area contributed by atoms with Gasteiger partial charge in [0.15, 0.2) is 0 Å². The summed E-state index contributed by atoms with van der Waals surface area (Å²) >= 11 is 0. The number of anilines is 1. The third-order valence-electron chi connectivity index (χ3n) is 6.80. The fourth-order valence-electron chi connectivity index (χ4n) is 4.65. The number of carbonyl (C=O) groups excluding carboxylic acids is 2. The molecule has 6 rings (SSSR count). The molecule has 4 aromatic rings. The van der Waals surface area contributed by atoms with Crippen molar-refractivity contribution in [3.63, 3.8) is 0 Å². The number of nitrogens with zero attached hydrogens (tertiary/aromatic N) is 3. The lowest BCUT2D eigenvalue weighted by Gasteiger charge is -2.41. The van der Waals surface area contributed by atoms with Crippen LogP contribution in [0.4, 0.5) is 10.5 Å². The summed E-state index contributed by atoms with van der Waals surface area (Å²) in [6.45, 7) is 2.60. The highest BCUT2D eigenvalue weighted by Crippen LogP contribution is 2.26. The lowest BCUT2D eigenvalue weighted by molar-refractivity contribution is 0.0985. The van der Waals surface area contributed by atoms with Crippen LogP contribution in [-0.2, 0) is 16.6 Å². The van der Waals surface area contributed by atoms with Crippen LogP contribution < -0.4 is 19.7 Å². The maximum atomic E-state index is 12.6. The van der Waals surface area contributed by atoms with E-state index in [-0.39, 0.29) is 23.1 Å². The standard InChI is InChI=1S/C28H25N5O5S/c34-27-24-12-19(6-11-26(24)39(36,37)31-27)17-38-23-9-7-21(8-10-23)25-16-33(18-30-25)28(35)29-13-20-14-32(15-20)22-4-2-1-3-5-22/h1-12,16,18,20H,13-15,17H2,(H,29,35)(H,31,34). The van der Waals surface area contributed by atoms with Crippen LogP contribution in [0.25, 0.3) is 11.3 Å². The number of imidazole rings is 1. The molecule has 11 heteroatoms. The second-order valence-corrected chi connectivity index (χ2v) is 11.2. The first-order valence-electron chi connectivity index (χ1n) is 12.4. The van der Waals surface area contributed by atoms with E-state index in [1.807, 2.05) is 35.1 Å². The van der Waals surface area contributed by atoms with Gasteiger partial charge in [-0.3, -0.25) is 9.36 Å². The zero-order valence-electron chi connectivity index (χ0n) is 20.8. The van der Waals surface area contributed by atoms with E-state index >= 15 is 0 Å².